The number of carbonyl (C=O) groups is 1. The second kappa shape index (κ2) is 6.12. The molecule has 0 bridgehead atoms. The van der Waals surface area contributed by atoms with Gasteiger partial charge in [0.15, 0.2) is 5.78 Å². The van der Waals surface area contributed by atoms with Gasteiger partial charge in [0.2, 0.25) is 0 Å². The number of aromatic nitrogens is 2. The number of hydrogen-bond acceptors (Lipinski definition) is 5. The third-order valence-corrected chi connectivity index (χ3v) is 3.95. The average molecular weight is 316 g/mol. The SMILES string of the molecule is Cc1ccc(NCC(=O)c2c(N)n(C)c(=O)n(C)c2=O)cc1C. The number of Topliss-reactive ketones (excluding diaryl/α,β-unsaturated/α-hetero) is 1. The normalized spacial score (nSPS) is 10.6. The standard InChI is InChI=1S/C16H20N4O3/c1-9-5-6-11(7-10(9)2)18-8-12(21)13-14(17)19(3)16(23)20(4)15(13)22/h5-7,18H,8,17H2,1-4H3. The minimum atomic E-state index is -0.683. The molecule has 0 unspecified atom stereocenters. The van der Waals surface area contributed by atoms with Crippen LogP contribution in [0, 0.1) is 13.8 Å². The van der Waals surface area contributed by atoms with E-state index in [-0.39, 0.29) is 17.9 Å². The van der Waals surface area contributed by atoms with Gasteiger partial charge in [-0.05, 0) is 37.1 Å². The topological polar surface area (TPSA) is 99.1 Å². The van der Waals surface area contributed by atoms with E-state index < -0.39 is 17.0 Å². The Morgan fingerprint density at radius 1 is 1.13 bits per heavy atom. The third kappa shape index (κ3) is 3.03. The number of nitrogens with zero attached hydrogens (tertiary/aromatic N) is 2. The van der Waals surface area contributed by atoms with Crippen molar-refractivity contribution >= 4 is 17.3 Å². The third-order valence-electron chi connectivity index (χ3n) is 3.95. The molecule has 0 saturated heterocycles. The van der Waals surface area contributed by atoms with Crippen LogP contribution in [0.15, 0.2) is 27.8 Å². The van der Waals surface area contributed by atoms with Crippen molar-refractivity contribution in [1.82, 2.24) is 9.13 Å². The molecule has 0 fully saturated rings. The Kier molecular flexibility index (Phi) is 4.40. The van der Waals surface area contributed by atoms with Gasteiger partial charge in [-0.15, -0.1) is 0 Å². The van der Waals surface area contributed by atoms with Gasteiger partial charge in [0.05, 0.1) is 6.54 Å². The van der Waals surface area contributed by atoms with Crippen molar-refractivity contribution in [3.8, 4) is 0 Å². The summed E-state index contributed by atoms with van der Waals surface area (Å²) in [5, 5.41) is 2.98. The van der Waals surface area contributed by atoms with Gasteiger partial charge < -0.3 is 11.1 Å². The molecule has 0 spiro atoms. The summed E-state index contributed by atoms with van der Waals surface area (Å²) >= 11 is 0. The number of nitrogens with two attached hydrogens (primary N) is 1. The highest BCUT2D eigenvalue weighted by molar-refractivity contribution is 6.02. The summed E-state index contributed by atoms with van der Waals surface area (Å²) in [6.07, 6.45) is 0. The molecule has 0 aliphatic carbocycles. The Morgan fingerprint density at radius 2 is 1.78 bits per heavy atom. The van der Waals surface area contributed by atoms with E-state index in [2.05, 4.69) is 5.32 Å². The summed E-state index contributed by atoms with van der Waals surface area (Å²) in [5.41, 5.74) is 7.37. The van der Waals surface area contributed by atoms with Crippen LogP contribution < -0.4 is 22.3 Å². The van der Waals surface area contributed by atoms with E-state index in [1.165, 1.54) is 14.1 Å². The Bertz CT molecular complexity index is 893. The van der Waals surface area contributed by atoms with Crippen LogP contribution in [0.1, 0.15) is 21.5 Å². The predicted octanol–water partition coefficient (Wildman–Crippen LogP) is 0.578. The first-order chi connectivity index (χ1) is 10.7. The second-order valence-corrected chi connectivity index (χ2v) is 5.54. The van der Waals surface area contributed by atoms with E-state index in [0.717, 1.165) is 25.9 Å². The molecule has 23 heavy (non-hydrogen) atoms. The molecule has 0 aliphatic heterocycles. The predicted molar refractivity (Wildman–Crippen MR) is 90.1 cm³/mol. The highest BCUT2D eigenvalue weighted by Crippen LogP contribution is 2.14. The number of nitrogens with one attached hydrogen (secondary N) is 1. The molecule has 7 nitrogen and oxygen atoms in total. The number of carbonyl (C=O) groups excluding carboxylic acids is 1. The molecule has 0 aliphatic rings. The maximum Gasteiger partial charge on any atom is 0.332 e. The molecule has 3 N–H and O–H groups in total. The maximum atomic E-state index is 12.4. The Labute approximate surface area is 133 Å². The minimum absolute atomic E-state index is 0.0832. The van der Waals surface area contributed by atoms with Gasteiger partial charge in [-0.25, -0.2) is 4.79 Å². The number of anilines is 2. The number of nitrogen functional groups attached to an aromatic ring is 1. The lowest BCUT2D eigenvalue weighted by Crippen LogP contribution is -2.42. The summed E-state index contributed by atoms with van der Waals surface area (Å²) in [6, 6.07) is 5.73. The molecule has 0 amide bonds. The highest BCUT2D eigenvalue weighted by Gasteiger charge is 2.19. The highest BCUT2D eigenvalue weighted by atomic mass is 16.2. The molecule has 1 aromatic heterocycles. The smallest absolute Gasteiger partial charge is 0.332 e. The van der Waals surface area contributed by atoms with E-state index in [4.69, 9.17) is 5.73 Å². The van der Waals surface area contributed by atoms with Crippen molar-refractivity contribution in [2.45, 2.75) is 13.8 Å². The fraction of sp³-hybridized carbons (Fsp3) is 0.312. The van der Waals surface area contributed by atoms with Crippen LogP contribution in [-0.4, -0.2) is 21.5 Å². The van der Waals surface area contributed by atoms with Gasteiger partial charge >= 0.3 is 5.69 Å². The lowest BCUT2D eigenvalue weighted by Gasteiger charge is -2.12. The van der Waals surface area contributed by atoms with Crippen molar-refractivity contribution in [3.63, 3.8) is 0 Å². The van der Waals surface area contributed by atoms with Crippen molar-refractivity contribution in [3.05, 3.63) is 55.7 Å². The number of aryl methyl sites for hydroxylation is 2. The van der Waals surface area contributed by atoms with Gasteiger partial charge in [0.25, 0.3) is 5.56 Å². The first-order valence-electron chi connectivity index (χ1n) is 7.14. The van der Waals surface area contributed by atoms with Crippen LogP contribution >= 0.6 is 0 Å². The summed E-state index contributed by atoms with van der Waals surface area (Å²) < 4.78 is 1.96. The Balaban J connectivity index is 2.30. The van der Waals surface area contributed by atoms with Crippen molar-refractivity contribution in [1.29, 1.82) is 0 Å². The molecule has 1 aromatic carbocycles. The fourth-order valence-electron chi connectivity index (χ4n) is 2.24. The van der Waals surface area contributed by atoms with Crippen LogP contribution in [0.2, 0.25) is 0 Å². The molecule has 7 heteroatoms. The van der Waals surface area contributed by atoms with E-state index in [0.29, 0.717) is 0 Å². The van der Waals surface area contributed by atoms with Gasteiger partial charge in [-0.3, -0.25) is 18.7 Å². The van der Waals surface area contributed by atoms with Crippen LogP contribution in [0.3, 0.4) is 0 Å². The molecular formula is C16H20N4O3. The number of rotatable bonds is 4. The maximum absolute atomic E-state index is 12.4. The van der Waals surface area contributed by atoms with Gasteiger partial charge in [0, 0.05) is 19.8 Å². The van der Waals surface area contributed by atoms with Crippen molar-refractivity contribution in [2.75, 3.05) is 17.6 Å². The summed E-state index contributed by atoms with van der Waals surface area (Å²) in [7, 11) is 2.74. The lowest BCUT2D eigenvalue weighted by atomic mass is 10.1. The molecule has 2 aromatic rings. The molecule has 0 atom stereocenters. The zero-order valence-electron chi connectivity index (χ0n) is 13.6. The fourth-order valence-corrected chi connectivity index (χ4v) is 2.24. The first kappa shape index (κ1) is 16.5. The molecule has 0 radical (unpaired) electrons. The molecular weight excluding hydrogens is 296 g/mol. The van der Waals surface area contributed by atoms with E-state index in [1.54, 1.807) is 0 Å². The summed E-state index contributed by atoms with van der Waals surface area (Å²) in [5.74, 6) is -0.582. The number of benzene rings is 1. The Morgan fingerprint density at radius 3 is 2.39 bits per heavy atom. The van der Waals surface area contributed by atoms with Crippen LogP contribution in [0.5, 0.6) is 0 Å². The molecule has 2 rings (SSSR count). The second-order valence-electron chi connectivity index (χ2n) is 5.54. The van der Waals surface area contributed by atoms with Gasteiger partial charge in [-0.2, -0.15) is 0 Å². The quantitative estimate of drug-likeness (QED) is 0.804. The lowest BCUT2D eigenvalue weighted by molar-refractivity contribution is 0.100. The van der Waals surface area contributed by atoms with E-state index in [9.17, 15) is 14.4 Å². The average Bonchev–Trinajstić information content (AvgIpc) is 2.52. The van der Waals surface area contributed by atoms with Gasteiger partial charge in [0.1, 0.15) is 11.4 Å². The van der Waals surface area contributed by atoms with Gasteiger partial charge in [-0.1, -0.05) is 6.07 Å². The van der Waals surface area contributed by atoms with Crippen molar-refractivity contribution in [2.24, 2.45) is 14.1 Å². The molecule has 1 heterocycles. The van der Waals surface area contributed by atoms with E-state index >= 15 is 0 Å². The zero-order valence-corrected chi connectivity index (χ0v) is 13.6. The van der Waals surface area contributed by atoms with Crippen LogP contribution in [0.4, 0.5) is 11.5 Å². The summed E-state index contributed by atoms with van der Waals surface area (Å²) in [6.45, 7) is 3.89. The zero-order chi connectivity index (χ0) is 17.3. The number of hydrogen-bond donors (Lipinski definition) is 2. The van der Waals surface area contributed by atoms with Crippen LogP contribution in [0.25, 0.3) is 0 Å². The molecule has 122 valence electrons. The minimum Gasteiger partial charge on any atom is -0.384 e. The Hall–Kier alpha value is -2.83. The van der Waals surface area contributed by atoms with Crippen LogP contribution in [-0.2, 0) is 14.1 Å². The van der Waals surface area contributed by atoms with Crippen molar-refractivity contribution < 1.29 is 4.79 Å². The summed E-state index contributed by atoms with van der Waals surface area (Å²) in [4.78, 5) is 36.2. The number of ketones is 1. The monoisotopic (exact) mass is 316 g/mol. The largest absolute Gasteiger partial charge is 0.384 e. The molecule has 0 saturated carbocycles. The first-order valence-corrected chi connectivity index (χ1v) is 7.14. The van der Waals surface area contributed by atoms with E-state index in [1.807, 2.05) is 32.0 Å².